The molecule has 3 N–H and O–H groups in total. The third-order valence-corrected chi connectivity index (χ3v) is 3.83. The van der Waals surface area contributed by atoms with Crippen molar-refractivity contribution in [2.24, 2.45) is 10.7 Å². The van der Waals surface area contributed by atoms with Crippen molar-refractivity contribution in [3.63, 3.8) is 0 Å². The summed E-state index contributed by atoms with van der Waals surface area (Å²) in [4.78, 5) is 4.46. The second-order valence-corrected chi connectivity index (χ2v) is 5.38. The fourth-order valence-electron chi connectivity index (χ4n) is 1.66. The quantitative estimate of drug-likeness (QED) is 0.718. The molecule has 1 aliphatic rings. The molecule has 0 unspecified atom stereocenters. The van der Waals surface area contributed by atoms with Crippen LogP contribution in [0.4, 0.5) is 0 Å². The van der Waals surface area contributed by atoms with Crippen LogP contribution >= 0.6 is 0 Å². The number of nitrogens with two attached hydrogens (primary N) is 1. The maximum atomic E-state index is 11.8. The second-order valence-electron chi connectivity index (χ2n) is 3.73. The fraction of sp³-hybridized carbons (Fsp3) is 0.364. The van der Waals surface area contributed by atoms with E-state index < -0.39 is 10.0 Å². The first-order valence-corrected chi connectivity index (χ1v) is 7.08. The topological polar surface area (TPSA) is 93.8 Å². The lowest BCUT2D eigenvalue weighted by Gasteiger charge is -2.00. The van der Waals surface area contributed by atoms with Crippen LogP contribution in [0, 0.1) is 0 Å². The summed E-state index contributed by atoms with van der Waals surface area (Å²) < 4.78 is 31.1. The van der Waals surface area contributed by atoms with Crippen molar-refractivity contribution in [1.82, 2.24) is 4.72 Å². The Balaban J connectivity index is 2.10. The highest BCUT2D eigenvalue weighted by Crippen LogP contribution is 2.21. The third-order valence-electron chi connectivity index (χ3n) is 2.43. The van der Waals surface area contributed by atoms with Crippen LogP contribution in [0.5, 0.6) is 0 Å². The molecule has 0 saturated heterocycles. The third kappa shape index (κ3) is 2.69. The Bertz CT molecular complexity index is 554. The first-order valence-electron chi connectivity index (χ1n) is 5.59. The minimum absolute atomic E-state index is 0.270. The summed E-state index contributed by atoms with van der Waals surface area (Å²) in [7, 11) is -3.44. The fourth-order valence-corrected chi connectivity index (χ4v) is 2.91. The molecule has 0 saturated carbocycles. The van der Waals surface area contributed by atoms with Crippen LogP contribution in [0.1, 0.15) is 5.56 Å². The number of ether oxygens (including phenoxy) is 1. The number of benzene rings is 1. The number of nitrogens with zero attached hydrogens (tertiary/aromatic N) is 1. The van der Waals surface area contributed by atoms with Crippen LogP contribution in [0.25, 0.3) is 0 Å². The van der Waals surface area contributed by atoms with E-state index in [1.54, 1.807) is 24.3 Å². The standard InChI is InChI=1S/C11H15N3O3S/c12-5-7-17-8-6-13-11-9-3-1-2-4-10(9)18(15,16)14-11/h1-4H,5-8,12H2,(H,13,14). The molecule has 0 spiro atoms. The van der Waals surface area contributed by atoms with Gasteiger partial charge in [0.05, 0.1) is 24.7 Å². The first kappa shape index (κ1) is 13.0. The van der Waals surface area contributed by atoms with E-state index in [2.05, 4.69) is 9.71 Å². The number of amidine groups is 1. The molecular formula is C11H15N3O3S. The van der Waals surface area contributed by atoms with Crippen LogP contribution < -0.4 is 10.5 Å². The lowest BCUT2D eigenvalue weighted by atomic mass is 10.2. The van der Waals surface area contributed by atoms with Gasteiger partial charge in [-0.05, 0) is 12.1 Å². The maximum absolute atomic E-state index is 11.8. The normalized spacial score (nSPS) is 18.6. The Kier molecular flexibility index (Phi) is 3.95. The molecule has 1 aliphatic heterocycles. The van der Waals surface area contributed by atoms with Gasteiger partial charge < -0.3 is 10.5 Å². The van der Waals surface area contributed by atoms with Crippen molar-refractivity contribution in [3.05, 3.63) is 29.8 Å². The molecule has 2 rings (SSSR count). The monoisotopic (exact) mass is 269 g/mol. The average molecular weight is 269 g/mol. The van der Waals surface area contributed by atoms with Gasteiger partial charge in [0.15, 0.2) is 0 Å². The van der Waals surface area contributed by atoms with Crippen molar-refractivity contribution in [1.29, 1.82) is 0 Å². The van der Waals surface area contributed by atoms with Crippen LogP contribution in [0.2, 0.25) is 0 Å². The number of aliphatic imine (C=N–C) groups is 1. The smallest absolute Gasteiger partial charge is 0.263 e. The molecule has 0 fully saturated rings. The van der Waals surface area contributed by atoms with Gasteiger partial charge >= 0.3 is 0 Å². The van der Waals surface area contributed by atoms with Gasteiger partial charge in [-0.25, -0.2) is 8.42 Å². The largest absolute Gasteiger partial charge is 0.378 e. The van der Waals surface area contributed by atoms with E-state index in [0.29, 0.717) is 37.7 Å². The van der Waals surface area contributed by atoms with Gasteiger partial charge in [0.2, 0.25) is 0 Å². The highest BCUT2D eigenvalue weighted by atomic mass is 32.2. The van der Waals surface area contributed by atoms with Crippen molar-refractivity contribution in [2.75, 3.05) is 26.3 Å². The molecule has 0 aliphatic carbocycles. The summed E-state index contributed by atoms with van der Waals surface area (Å²) in [5, 5.41) is 0. The molecule has 0 atom stereocenters. The molecule has 0 amide bonds. The minimum Gasteiger partial charge on any atom is -0.378 e. The highest BCUT2D eigenvalue weighted by molar-refractivity contribution is 7.90. The van der Waals surface area contributed by atoms with Crippen LogP contribution in [-0.2, 0) is 14.8 Å². The average Bonchev–Trinajstić information content (AvgIpc) is 2.62. The van der Waals surface area contributed by atoms with Crippen LogP contribution in [0.3, 0.4) is 0 Å². The molecule has 1 heterocycles. The minimum atomic E-state index is -3.44. The lowest BCUT2D eigenvalue weighted by Crippen LogP contribution is -2.23. The molecule has 1 aromatic carbocycles. The molecular weight excluding hydrogens is 254 g/mol. The van der Waals surface area contributed by atoms with Gasteiger partial charge in [-0.1, -0.05) is 12.1 Å². The Morgan fingerprint density at radius 3 is 2.83 bits per heavy atom. The number of nitrogens with one attached hydrogen (secondary N) is 1. The van der Waals surface area contributed by atoms with Gasteiger partial charge in [0.25, 0.3) is 10.0 Å². The number of hydrogen-bond donors (Lipinski definition) is 2. The van der Waals surface area contributed by atoms with E-state index in [-0.39, 0.29) is 4.90 Å². The van der Waals surface area contributed by atoms with Gasteiger partial charge in [-0.2, -0.15) is 0 Å². The molecule has 1 aromatic rings. The number of rotatable bonds is 5. The van der Waals surface area contributed by atoms with Gasteiger partial charge in [-0.3, -0.25) is 9.71 Å². The van der Waals surface area contributed by atoms with E-state index in [4.69, 9.17) is 10.5 Å². The van der Waals surface area contributed by atoms with Gasteiger partial charge in [-0.15, -0.1) is 0 Å². The van der Waals surface area contributed by atoms with E-state index in [9.17, 15) is 8.42 Å². The van der Waals surface area contributed by atoms with Crippen molar-refractivity contribution in [3.8, 4) is 0 Å². The summed E-state index contributed by atoms with van der Waals surface area (Å²) >= 11 is 0. The Hall–Kier alpha value is -1.44. The van der Waals surface area contributed by atoms with E-state index in [0.717, 1.165) is 0 Å². The zero-order valence-electron chi connectivity index (χ0n) is 9.80. The molecule has 7 heteroatoms. The van der Waals surface area contributed by atoms with Gasteiger partial charge in [0.1, 0.15) is 5.84 Å². The maximum Gasteiger partial charge on any atom is 0.263 e. The summed E-state index contributed by atoms with van der Waals surface area (Å²) in [6.45, 7) is 1.76. The zero-order chi connectivity index (χ0) is 13.0. The summed E-state index contributed by atoms with van der Waals surface area (Å²) in [6, 6.07) is 6.75. The summed E-state index contributed by atoms with van der Waals surface area (Å²) in [5.41, 5.74) is 5.89. The Morgan fingerprint density at radius 2 is 2.06 bits per heavy atom. The lowest BCUT2D eigenvalue weighted by molar-refractivity contribution is 0.149. The number of hydrogen-bond acceptors (Lipinski definition) is 5. The molecule has 0 aromatic heterocycles. The van der Waals surface area contributed by atoms with E-state index >= 15 is 0 Å². The van der Waals surface area contributed by atoms with Crippen LogP contribution in [-0.4, -0.2) is 40.6 Å². The van der Waals surface area contributed by atoms with Crippen LogP contribution in [0.15, 0.2) is 34.2 Å². The summed E-state index contributed by atoms with van der Waals surface area (Å²) in [6.07, 6.45) is 0. The highest BCUT2D eigenvalue weighted by Gasteiger charge is 2.29. The zero-order valence-corrected chi connectivity index (χ0v) is 10.6. The molecule has 18 heavy (non-hydrogen) atoms. The van der Waals surface area contributed by atoms with E-state index in [1.807, 2.05) is 0 Å². The molecule has 0 radical (unpaired) electrons. The molecule has 0 bridgehead atoms. The first-order chi connectivity index (χ1) is 8.65. The van der Waals surface area contributed by atoms with E-state index in [1.165, 1.54) is 0 Å². The predicted molar refractivity (Wildman–Crippen MR) is 68.0 cm³/mol. The Morgan fingerprint density at radius 1 is 1.28 bits per heavy atom. The predicted octanol–water partition coefficient (Wildman–Crippen LogP) is -0.300. The summed E-state index contributed by atoms with van der Waals surface area (Å²) in [5.74, 6) is 0.377. The number of sulfonamides is 1. The van der Waals surface area contributed by atoms with Crippen molar-refractivity contribution >= 4 is 15.9 Å². The number of fused-ring (bicyclic) bond motifs is 1. The SMILES string of the molecule is NCCOCCN=C1NS(=O)(=O)c2ccccc21. The molecule has 98 valence electrons. The second kappa shape index (κ2) is 5.47. The van der Waals surface area contributed by atoms with Crippen molar-refractivity contribution < 1.29 is 13.2 Å². The van der Waals surface area contributed by atoms with Gasteiger partial charge in [0, 0.05) is 12.1 Å². The Labute approximate surface area is 106 Å². The molecule has 6 nitrogen and oxygen atoms in total. The van der Waals surface area contributed by atoms with Crippen molar-refractivity contribution in [2.45, 2.75) is 4.90 Å².